The van der Waals surface area contributed by atoms with E-state index < -0.39 is 0 Å². The van der Waals surface area contributed by atoms with Crippen LogP contribution >= 0.6 is 23.4 Å². The van der Waals surface area contributed by atoms with Crippen LogP contribution in [-0.2, 0) is 4.79 Å². The van der Waals surface area contributed by atoms with Gasteiger partial charge in [-0.1, -0.05) is 29.8 Å². The van der Waals surface area contributed by atoms with Crippen molar-refractivity contribution in [3.63, 3.8) is 0 Å². The number of benzene rings is 1. The molecule has 2 atom stereocenters. The van der Waals surface area contributed by atoms with Gasteiger partial charge in [0.15, 0.2) is 0 Å². The second-order valence-corrected chi connectivity index (χ2v) is 9.47. The van der Waals surface area contributed by atoms with Crippen LogP contribution in [0.15, 0.2) is 24.3 Å². The van der Waals surface area contributed by atoms with Gasteiger partial charge in [0, 0.05) is 36.3 Å². The maximum atomic E-state index is 12.6. The molecule has 0 bridgehead atoms. The van der Waals surface area contributed by atoms with Crippen LogP contribution in [-0.4, -0.2) is 52.7 Å². The zero-order valence-corrected chi connectivity index (χ0v) is 17.7. The number of carbonyl (C=O) groups is 2. The van der Waals surface area contributed by atoms with Crippen LogP contribution in [0, 0.1) is 0 Å². The number of carbonyl (C=O) groups excluding carboxylic acids is 2. The predicted octanol–water partition coefficient (Wildman–Crippen LogP) is 4.13. The molecule has 1 aliphatic heterocycles. The molecule has 0 spiro atoms. The third-order valence-electron chi connectivity index (χ3n) is 4.14. The van der Waals surface area contributed by atoms with Crippen LogP contribution in [0.4, 0.5) is 4.79 Å². The average molecular weight is 398 g/mol. The highest BCUT2D eigenvalue weighted by atomic mass is 35.5. The highest BCUT2D eigenvalue weighted by Crippen LogP contribution is 2.44. The highest BCUT2D eigenvalue weighted by Gasteiger charge is 2.38. The van der Waals surface area contributed by atoms with Crippen molar-refractivity contribution in [2.75, 3.05) is 20.1 Å². The van der Waals surface area contributed by atoms with E-state index in [0.717, 1.165) is 5.56 Å². The van der Waals surface area contributed by atoms with Crippen LogP contribution < -0.4 is 5.32 Å². The molecule has 1 heterocycles. The average Bonchev–Trinajstić information content (AvgIpc) is 2.81. The minimum atomic E-state index is -0.266. The molecule has 7 heteroatoms. The largest absolute Gasteiger partial charge is 0.333 e. The number of urea groups is 1. The highest BCUT2D eigenvalue weighted by molar-refractivity contribution is 8.01. The third-order valence-corrected chi connectivity index (χ3v) is 5.86. The summed E-state index contributed by atoms with van der Waals surface area (Å²) in [6.07, 6.45) is 0.716. The van der Waals surface area contributed by atoms with Gasteiger partial charge in [-0.25, -0.2) is 4.79 Å². The molecule has 1 aliphatic rings. The number of hydrogen-bond acceptors (Lipinski definition) is 3. The first-order valence-electron chi connectivity index (χ1n) is 8.84. The summed E-state index contributed by atoms with van der Waals surface area (Å²) >= 11 is 7.96. The van der Waals surface area contributed by atoms with Crippen LogP contribution in [0.25, 0.3) is 0 Å². The van der Waals surface area contributed by atoms with Gasteiger partial charge in [0.05, 0.1) is 5.25 Å². The molecule has 1 aromatic rings. The molecule has 1 saturated heterocycles. The van der Waals surface area contributed by atoms with Crippen molar-refractivity contribution in [2.24, 2.45) is 0 Å². The van der Waals surface area contributed by atoms with E-state index in [2.05, 4.69) is 5.32 Å². The summed E-state index contributed by atoms with van der Waals surface area (Å²) in [5.41, 5.74) is 0.702. The van der Waals surface area contributed by atoms with Gasteiger partial charge in [-0.3, -0.25) is 4.79 Å². The van der Waals surface area contributed by atoms with Crippen molar-refractivity contribution in [1.29, 1.82) is 0 Å². The molecular weight excluding hydrogens is 370 g/mol. The van der Waals surface area contributed by atoms with E-state index in [1.54, 1.807) is 23.7 Å². The van der Waals surface area contributed by atoms with Gasteiger partial charge in [0.1, 0.15) is 5.37 Å². The molecule has 3 amide bonds. The number of amides is 3. The maximum absolute atomic E-state index is 12.6. The van der Waals surface area contributed by atoms with Crippen molar-refractivity contribution in [2.45, 2.75) is 50.3 Å². The first-order valence-corrected chi connectivity index (χ1v) is 10.2. The molecular formula is C19H28ClN3O2S. The predicted molar refractivity (Wildman–Crippen MR) is 108 cm³/mol. The molecule has 2 rings (SSSR count). The van der Waals surface area contributed by atoms with Crippen LogP contribution in [0.1, 0.15) is 45.1 Å². The Morgan fingerprint density at radius 1 is 1.35 bits per heavy atom. The quantitative estimate of drug-likeness (QED) is 0.812. The second-order valence-electron chi connectivity index (χ2n) is 7.64. The Morgan fingerprint density at radius 2 is 2.00 bits per heavy atom. The fraction of sp³-hybridized carbons (Fsp3) is 0.579. The Labute approximate surface area is 165 Å². The van der Waals surface area contributed by atoms with Crippen LogP contribution in [0.3, 0.4) is 0 Å². The summed E-state index contributed by atoms with van der Waals surface area (Å²) in [4.78, 5) is 28.3. The van der Waals surface area contributed by atoms with Gasteiger partial charge >= 0.3 is 6.03 Å². The summed E-state index contributed by atoms with van der Waals surface area (Å²) in [5.74, 6) is 0.127. The Bertz CT molecular complexity index is 662. The Kier molecular flexibility index (Phi) is 6.86. The second kappa shape index (κ2) is 8.53. The zero-order chi connectivity index (χ0) is 19.5. The molecule has 144 valence electrons. The smallest absolute Gasteiger partial charge is 0.317 e. The number of rotatable bonds is 5. The standard InChI is InChI=1S/C19H28ClN3O2S/c1-13-16(24)23(17(26-13)14-9-6-7-10-15(14)20)12-8-11-22(5)18(25)21-19(2,3)4/h6-7,9-10,13,17H,8,11-12H2,1-5H3,(H,21,25)/t13-,17+/m1/s1. The number of nitrogens with zero attached hydrogens (tertiary/aromatic N) is 2. The summed E-state index contributed by atoms with van der Waals surface area (Å²) in [7, 11) is 1.77. The van der Waals surface area contributed by atoms with Gasteiger partial charge in [-0.15, -0.1) is 11.8 Å². The molecule has 0 aromatic heterocycles. The maximum Gasteiger partial charge on any atom is 0.317 e. The lowest BCUT2D eigenvalue weighted by Crippen LogP contribution is -2.47. The van der Waals surface area contributed by atoms with E-state index in [4.69, 9.17) is 11.6 Å². The fourth-order valence-electron chi connectivity index (χ4n) is 2.81. The van der Waals surface area contributed by atoms with Gasteiger partial charge in [0.2, 0.25) is 5.91 Å². The van der Waals surface area contributed by atoms with Crippen LogP contribution in [0.2, 0.25) is 5.02 Å². The number of hydrogen-bond donors (Lipinski definition) is 1. The van der Waals surface area contributed by atoms with E-state index in [-0.39, 0.29) is 28.1 Å². The summed E-state index contributed by atoms with van der Waals surface area (Å²) in [6.45, 7) is 8.97. The van der Waals surface area contributed by atoms with Crippen molar-refractivity contribution in [3.05, 3.63) is 34.9 Å². The Hall–Kier alpha value is -1.40. The van der Waals surface area contributed by atoms with E-state index in [1.165, 1.54) is 0 Å². The van der Waals surface area contributed by atoms with Crippen molar-refractivity contribution in [1.82, 2.24) is 15.1 Å². The number of nitrogens with one attached hydrogen (secondary N) is 1. The molecule has 0 saturated carbocycles. The summed E-state index contributed by atoms with van der Waals surface area (Å²) in [6, 6.07) is 7.56. The minimum Gasteiger partial charge on any atom is -0.333 e. The van der Waals surface area contributed by atoms with Crippen molar-refractivity contribution < 1.29 is 9.59 Å². The van der Waals surface area contributed by atoms with Crippen molar-refractivity contribution >= 4 is 35.3 Å². The Morgan fingerprint density at radius 3 is 2.62 bits per heavy atom. The summed E-state index contributed by atoms with van der Waals surface area (Å²) in [5, 5.41) is 3.46. The topological polar surface area (TPSA) is 52.6 Å². The van der Waals surface area contributed by atoms with E-state index in [9.17, 15) is 9.59 Å². The molecule has 1 N–H and O–H groups in total. The van der Waals surface area contributed by atoms with Gasteiger partial charge in [-0.2, -0.15) is 0 Å². The van der Waals surface area contributed by atoms with Gasteiger partial charge in [-0.05, 0) is 40.2 Å². The molecule has 26 heavy (non-hydrogen) atoms. The van der Waals surface area contributed by atoms with Gasteiger partial charge < -0.3 is 15.1 Å². The molecule has 1 fully saturated rings. The Balaban J connectivity index is 1.97. The van der Waals surface area contributed by atoms with Crippen LogP contribution in [0.5, 0.6) is 0 Å². The fourth-order valence-corrected chi connectivity index (χ4v) is 4.46. The molecule has 0 radical (unpaired) electrons. The normalized spacial score (nSPS) is 20.4. The first kappa shape index (κ1) is 20.9. The molecule has 1 aromatic carbocycles. The minimum absolute atomic E-state index is 0.0695. The van der Waals surface area contributed by atoms with E-state index >= 15 is 0 Å². The monoisotopic (exact) mass is 397 g/mol. The lowest BCUT2D eigenvalue weighted by molar-refractivity contribution is -0.129. The zero-order valence-electron chi connectivity index (χ0n) is 16.1. The SMILES string of the molecule is C[C@H]1S[C@@H](c2ccccc2Cl)N(CCCN(C)C(=O)NC(C)(C)C)C1=O. The number of halogens is 1. The lowest BCUT2D eigenvalue weighted by Gasteiger charge is -2.28. The van der Waals surface area contributed by atoms with Gasteiger partial charge in [0.25, 0.3) is 0 Å². The molecule has 0 unspecified atom stereocenters. The number of thioether (sulfide) groups is 1. The summed E-state index contributed by atoms with van der Waals surface area (Å²) < 4.78 is 0. The first-order chi connectivity index (χ1) is 12.1. The lowest BCUT2D eigenvalue weighted by atomic mass is 10.1. The van der Waals surface area contributed by atoms with Crippen molar-refractivity contribution in [3.8, 4) is 0 Å². The third kappa shape index (κ3) is 5.30. The van der Waals surface area contributed by atoms with E-state index in [1.807, 2.05) is 56.9 Å². The molecule has 5 nitrogen and oxygen atoms in total. The molecule has 0 aliphatic carbocycles. The van der Waals surface area contributed by atoms with E-state index in [0.29, 0.717) is 24.5 Å².